The largest absolute Gasteiger partial charge is 0.308 e. The van der Waals surface area contributed by atoms with Crippen LogP contribution in [0.5, 0.6) is 0 Å². The first-order valence-corrected chi connectivity index (χ1v) is 7.17. The maximum Gasteiger partial charge on any atom is 0.147 e. The zero-order valence-corrected chi connectivity index (χ0v) is 11.8. The molecule has 0 fully saturated rings. The normalized spacial score (nSPS) is 13.9. The van der Waals surface area contributed by atoms with Gasteiger partial charge >= 0.3 is 0 Å². The third-order valence-electron chi connectivity index (χ3n) is 3.98. The molecular formula is C16H20N4. The molecule has 20 heavy (non-hydrogen) atoms. The van der Waals surface area contributed by atoms with E-state index >= 15 is 0 Å². The highest BCUT2D eigenvalue weighted by Gasteiger charge is 2.17. The first-order chi connectivity index (χ1) is 9.78. The van der Waals surface area contributed by atoms with E-state index in [1.165, 1.54) is 35.2 Å². The summed E-state index contributed by atoms with van der Waals surface area (Å²) < 4.78 is 0. The van der Waals surface area contributed by atoms with Gasteiger partial charge in [0, 0.05) is 17.7 Å². The average Bonchev–Trinajstić information content (AvgIpc) is 2.49. The monoisotopic (exact) mass is 268 g/mol. The second-order valence-electron chi connectivity index (χ2n) is 5.37. The first kappa shape index (κ1) is 13.1. The molecule has 1 aromatic heterocycles. The number of fused-ring (bicyclic) bond motifs is 1. The predicted molar refractivity (Wildman–Crippen MR) is 80.5 cm³/mol. The molecular weight excluding hydrogens is 248 g/mol. The van der Waals surface area contributed by atoms with Crippen molar-refractivity contribution in [2.45, 2.75) is 39.0 Å². The van der Waals surface area contributed by atoms with Crippen molar-refractivity contribution in [2.24, 2.45) is 5.84 Å². The Morgan fingerprint density at radius 1 is 1.15 bits per heavy atom. The van der Waals surface area contributed by atoms with Crippen molar-refractivity contribution >= 4 is 5.82 Å². The standard InChI is InChI=1S/C16H20N4/c1-11-6-2-3-7-12(11)10-15-18-14-9-5-4-8-13(14)16(19-15)20-17/h2-3,6-7H,4-5,8-10,17H2,1H3,(H,18,19,20). The summed E-state index contributed by atoms with van der Waals surface area (Å²) in [4.78, 5) is 9.35. The number of hydrogen-bond donors (Lipinski definition) is 2. The second kappa shape index (κ2) is 5.59. The lowest BCUT2D eigenvalue weighted by Gasteiger charge is -2.18. The topological polar surface area (TPSA) is 63.8 Å². The predicted octanol–water partition coefficient (Wildman–Crippen LogP) is 2.54. The molecule has 1 aromatic carbocycles. The summed E-state index contributed by atoms with van der Waals surface area (Å²) in [6, 6.07) is 8.37. The van der Waals surface area contributed by atoms with Crippen molar-refractivity contribution in [2.75, 3.05) is 5.43 Å². The van der Waals surface area contributed by atoms with Crippen molar-refractivity contribution in [1.29, 1.82) is 0 Å². The number of nitrogen functional groups attached to an aromatic ring is 1. The Bertz CT molecular complexity index is 605. The van der Waals surface area contributed by atoms with E-state index in [2.05, 4.69) is 41.6 Å². The van der Waals surface area contributed by atoms with Crippen molar-refractivity contribution < 1.29 is 0 Å². The van der Waals surface area contributed by atoms with Crippen LogP contribution >= 0.6 is 0 Å². The van der Waals surface area contributed by atoms with E-state index in [0.29, 0.717) is 0 Å². The molecule has 0 saturated heterocycles. The van der Waals surface area contributed by atoms with E-state index < -0.39 is 0 Å². The van der Waals surface area contributed by atoms with Crippen molar-refractivity contribution in [3.05, 3.63) is 52.5 Å². The molecule has 0 radical (unpaired) electrons. The quantitative estimate of drug-likeness (QED) is 0.663. The minimum Gasteiger partial charge on any atom is -0.308 e. The molecule has 1 aliphatic carbocycles. The molecule has 0 atom stereocenters. The first-order valence-electron chi connectivity index (χ1n) is 7.17. The van der Waals surface area contributed by atoms with Crippen LogP contribution in [0.15, 0.2) is 24.3 Å². The van der Waals surface area contributed by atoms with Gasteiger partial charge in [0.15, 0.2) is 0 Å². The molecule has 3 N–H and O–H groups in total. The zero-order valence-electron chi connectivity index (χ0n) is 11.8. The molecule has 1 aliphatic rings. The Morgan fingerprint density at radius 2 is 1.95 bits per heavy atom. The van der Waals surface area contributed by atoms with Gasteiger partial charge in [-0.3, -0.25) is 0 Å². The van der Waals surface area contributed by atoms with Crippen molar-refractivity contribution in [3.63, 3.8) is 0 Å². The molecule has 104 valence electrons. The number of hydrazine groups is 1. The Labute approximate surface area is 119 Å². The van der Waals surface area contributed by atoms with Crippen LogP contribution in [-0.2, 0) is 19.3 Å². The van der Waals surface area contributed by atoms with Gasteiger partial charge in [-0.1, -0.05) is 24.3 Å². The summed E-state index contributed by atoms with van der Waals surface area (Å²) in [6.07, 6.45) is 5.22. The Balaban J connectivity index is 1.96. The molecule has 2 aromatic rings. The van der Waals surface area contributed by atoms with Crippen LogP contribution in [0.1, 0.15) is 41.1 Å². The summed E-state index contributed by atoms with van der Waals surface area (Å²) in [6.45, 7) is 2.12. The number of hydrogen-bond acceptors (Lipinski definition) is 4. The smallest absolute Gasteiger partial charge is 0.147 e. The summed E-state index contributed by atoms with van der Waals surface area (Å²) in [7, 11) is 0. The highest BCUT2D eigenvalue weighted by atomic mass is 15.3. The van der Waals surface area contributed by atoms with Crippen LogP contribution in [0.25, 0.3) is 0 Å². The maximum atomic E-state index is 5.63. The highest BCUT2D eigenvalue weighted by Crippen LogP contribution is 2.25. The van der Waals surface area contributed by atoms with E-state index in [1.807, 2.05) is 0 Å². The Kier molecular flexibility index (Phi) is 3.65. The number of anilines is 1. The minimum absolute atomic E-state index is 0.759. The lowest BCUT2D eigenvalue weighted by Crippen LogP contribution is -2.18. The van der Waals surface area contributed by atoms with Gasteiger partial charge < -0.3 is 5.43 Å². The van der Waals surface area contributed by atoms with E-state index in [9.17, 15) is 0 Å². The Hall–Kier alpha value is -1.94. The molecule has 0 aliphatic heterocycles. The molecule has 0 spiro atoms. The number of nitrogens with one attached hydrogen (secondary N) is 1. The van der Waals surface area contributed by atoms with Gasteiger partial charge in [0.05, 0.1) is 0 Å². The minimum atomic E-state index is 0.759. The molecule has 0 unspecified atom stereocenters. The number of nitrogens with zero attached hydrogens (tertiary/aromatic N) is 2. The van der Waals surface area contributed by atoms with Gasteiger partial charge in [0.25, 0.3) is 0 Å². The average molecular weight is 268 g/mol. The Morgan fingerprint density at radius 3 is 2.75 bits per heavy atom. The molecule has 0 saturated carbocycles. The molecule has 4 heteroatoms. The fraction of sp³-hybridized carbons (Fsp3) is 0.375. The fourth-order valence-electron chi connectivity index (χ4n) is 2.82. The van der Waals surface area contributed by atoms with E-state index in [1.54, 1.807) is 0 Å². The molecule has 1 heterocycles. The van der Waals surface area contributed by atoms with Crippen LogP contribution < -0.4 is 11.3 Å². The number of benzene rings is 1. The highest BCUT2D eigenvalue weighted by molar-refractivity contribution is 5.47. The maximum absolute atomic E-state index is 5.63. The number of nitrogens with two attached hydrogens (primary N) is 1. The van der Waals surface area contributed by atoms with Crippen LogP contribution in [0.4, 0.5) is 5.82 Å². The fourth-order valence-corrected chi connectivity index (χ4v) is 2.82. The van der Waals surface area contributed by atoms with Crippen molar-refractivity contribution in [1.82, 2.24) is 9.97 Å². The van der Waals surface area contributed by atoms with Crippen LogP contribution in [0.2, 0.25) is 0 Å². The molecule has 0 amide bonds. The van der Waals surface area contributed by atoms with E-state index in [0.717, 1.165) is 30.9 Å². The van der Waals surface area contributed by atoms with E-state index in [4.69, 9.17) is 10.8 Å². The van der Waals surface area contributed by atoms with E-state index in [-0.39, 0.29) is 0 Å². The third kappa shape index (κ3) is 2.51. The van der Waals surface area contributed by atoms with Crippen LogP contribution in [0.3, 0.4) is 0 Å². The van der Waals surface area contributed by atoms with Crippen LogP contribution in [0, 0.1) is 6.92 Å². The second-order valence-corrected chi connectivity index (χ2v) is 5.37. The number of aromatic nitrogens is 2. The van der Waals surface area contributed by atoms with Gasteiger partial charge in [0.2, 0.25) is 0 Å². The number of rotatable bonds is 3. The number of aryl methyl sites for hydroxylation is 2. The SMILES string of the molecule is Cc1ccccc1Cc1nc2c(c(NN)n1)CCCC2. The third-order valence-corrected chi connectivity index (χ3v) is 3.98. The van der Waals surface area contributed by atoms with Gasteiger partial charge in [0.1, 0.15) is 11.6 Å². The molecule has 3 rings (SSSR count). The molecule has 4 nitrogen and oxygen atoms in total. The van der Waals surface area contributed by atoms with Gasteiger partial charge in [-0.2, -0.15) is 0 Å². The summed E-state index contributed by atoms with van der Waals surface area (Å²) in [5, 5.41) is 0. The van der Waals surface area contributed by atoms with Gasteiger partial charge in [-0.05, 0) is 43.7 Å². The summed E-state index contributed by atoms with van der Waals surface area (Å²) >= 11 is 0. The lowest BCUT2D eigenvalue weighted by molar-refractivity contribution is 0.657. The summed E-state index contributed by atoms with van der Waals surface area (Å²) in [5.41, 5.74) is 7.66. The zero-order chi connectivity index (χ0) is 13.9. The molecule has 0 bridgehead atoms. The van der Waals surface area contributed by atoms with Gasteiger partial charge in [-0.25, -0.2) is 15.8 Å². The van der Waals surface area contributed by atoms with Crippen molar-refractivity contribution in [3.8, 4) is 0 Å². The van der Waals surface area contributed by atoms with Crippen LogP contribution in [-0.4, -0.2) is 9.97 Å². The lowest BCUT2D eigenvalue weighted by atomic mass is 9.96. The summed E-state index contributed by atoms with van der Waals surface area (Å²) in [5.74, 6) is 7.28. The van der Waals surface area contributed by atoms with Gasteiger partial charge in [-0.15, -0.1) is 0 Å².